The first-order valence-corrected chi connectivity index (χ1v) is 11.0. The van der Waals surface area contributed by atoms with Crippen LogP contribution < -0.4 is 5.56 Å². The van der Waals surface area contributed by atoms with Crippen LogP contribution >= 0.6 is 23.1 Å². The van der Waals surface area contributed by atoms with Crippen molar-refractivity contribution in [2.24, 2.45) is 0 Å². The van der Waals surface area contributed by atoms with Crippen molar-refractivity contribution < 1.29 is 23.5 Å². The number of thiophene rings is 1. The monoisotopic (exact) mass is 475 g/mol. The summed E-state index contributed by atoms with van der Waals surface area (Å²) >= 11 is 2.33. The number of H-pyrrole nitrogens is 1. The SMILES string of the molecule is COC(=O)Cc1c(C(=O)OC)sc2nc(CSc3nncn3Cc3ccco3)[nH]c(=O)c12. The molecule has 1 N–H and O–H groups in total. The number of carbonyl (C=O) groups excluding carboxylic acids is 2. The summed E-state index contributed by atoms with van der Waals surface area (Å²) in [6.45, 7) is 0.468. The number of methoxy groups -OCH3 is 2. The Morgan fingerprint density at radius 2 is 2.16 bits per heavy atom. The van der Waals surface area contributed by atoms with Gasteiger partial charge < -0.3 is 23.4 Å². The number of fused-ring (bicyclic) bond motifs is 1. The van der Waals surface area contributed by atoms with Crippen molar-refractivity contribution >= 4 is 45.3 Å². The molecule has 0 aliphatic carbocycles. The minimum Gasteiger partial charge on any atom is -0.469 e. The highest BCUT2D eigenvalue weighted by Crippen LogP contribution is 2.30. The van der Waals surface area contributed by atoms with Gasteiger partial charge in [-0.2, -0.15) is 0 Å². The van der Waals surface area contributed by atoms with Gasteiger partial charge >= 0.3 is 11.9 Å². The first kappa shape index (κ1) is 21.8. The number of rotatable bonds is 8. The second-order valence-corrected chi connectivity index (χ2v) is 8.40. The van der Waals surface area contributed by atoms with Gasteiger partial charge in [-0.25, -0.2) is 9.78 Å². The van der Waals surface area contributed by atoms with E-state index >= 15 is 0 Å². The predicted molar refractivity (Wildman–Crippen MR) is 115 cm³/mol. The molecule has 0 unspecified atom stereocenters. The molecule has 0 fully saturated rings. The van der Waals surface area contributed by atoms with E-state index in [1.165, 1.54) is 26.0 Å². The van der Waals surface area contributed by atoms with Gasteiger partial charge in [0.2, 0.25) is 0 Å². The maximum Gasteiger partial charge on any atom is 0.348 e. The number of aromatic amines is 1. The van der Waals surface area contributed by atoms with Crippen LogP contribution in [-0.2, 0) is 33.0 Å². The summed E-state index contributed by atoms with van der Waals surface area (Å²) in [7, 11) is 2.46. The van der Waals surface area contributed by atoms with Crippen molar-refractivity contribution in [3.63, 3.8) is 0 Å². The largest absolute Gasteiger partial charge is 0.469 e. The van der Waals surface area contributed by atoms with Gasteiger partial charge in [0.05, 0.1) is 44.6 Å². The number of nitrogens with one attached hydrogen (secondary N) is 1. The van der Waals surface area contributed by atoms with Gasteiger partial charge in [0.15, 0.2) is 5.16 Å². The molecule has 0 aliphatic rings. The minimum absolute atomic E-state index is 0.147. The van der Waals surface area contributed by atoms with E-state index in [2.05, 4.69) is 24.9 Å². The molecule has 0 saturated heterocycles. The second-order valence-electron chi connectivity index (χ2n) is 6.46. The highest BCUT2D eigenvalue weighted by molar-refractivity contribution is 7.98. The molecule has 0 aromatic carbocycles. The first-order chi connectivity index (χ1) is 15.5. The average molecular weight is 476 g/mol. The van der Waals surface area contributed by atoms with E-state index in [1.807, 2.05) is 10.6 Å². The lowest BCUT2D eigenvalue weighted by Crippen LogP contribution is -2.15. The van der Waals surface area contributed by atoms with Crippen molar-refractivity contribution in [2.45, 2.75) is 23.9 Å². The number of esters is 2. The van der Waals surface area contributed by atoms with Gasteiger partial charge in [0, 0.05) is 5.56 Å². The molecule has 4 aromatic heterocycles. The molecule has 0 aliphatic heterocycles. The Morgan fingerprint density at radius 1 is 1.31 bits per heavy atom. The van der Waals surface area contributed by atoms with Crippen molar-refractivity contribution in [1.29, 1.82) is 0 Å². The molecule has 0 bridgehead atoms. The van der Waals surface area contributed by atoms with Crippen LogP contribution in [0.4, 0.5) is 0 Å². The van der Waals surface area contributed by atoms with Crippen molar-refractivity contribution in [1.82, 2.24) is 24.7 Å². The Kier molecular flexibility index (Phi) is 6.37. The average Bonchev–Trinajstić information content (AvgIpc) is 3.53. The molecule has 166 valence electrons. The summed E-state index contributed by atoms with van der Waals surface area (Å²) in [4.78, 5) is 44.5. The summed E-state index contributed by atoms with van der Waals surface area (Å²) in [5.41, 5.74) is -0.206. The first-order valence-electron chi connectivity index (χ1n) is 9.22. The number of hydrogen-bond acceptors (Lipinski definition) is 11. The molecule has 13 heteroatoms. The maximum atomic E-state index is 12.8. The van der Waals surface area contributed by atoms with E-state index in [1.54, 1.807) is 18.7 Å². The summed E-state index contributed by atoms with van der Waals surface area (Å²) in [5.74, 6) is 0.229. The number of nitrogens with zero attached hydrogens (tertiary/aromatic N) is 4. The second kappa shape index (κ2) is 9.36. The maximum absolute atomic E-state index is 12.8. The number of ether oxygens (including phenoxy) is 2. The van der Waals surface area contributed by atoms with Crippen LogP contribution in [0.3, 0.4) is 0 Å². The van der Waals surface area contributed by atoms with Crippen LogP contribution in [0.2, 0.25) is 0 Å². The Balaban J connectivity index is 1.61. The van der Waals surface area contributed by atoms with Crippen LogP contribution in [-0.4, -0.2) is 50.9 Å². The Morgan fingerprint density at radius 3 is 2.88 bits per heavy atom. The molecule has 0 atom stereocenters. The number of furan rings is 1. The van der Waals surface area contributed by atoms with Crippen LogP contribution in [0, 0.1) is 0 Å². The zero-order valence-corrected chi connectivity index (χ0v) is 18.6. The lowest BCUT2D eigenvalue weighted by atomic mass is 10.1. The van der Waals surface area contributed by atoms with Crippen LogP contribution in [0.15, 0.2) is 39.1 Å². The molecule has 0 spiro atoms. The molecular formula is C19H17N5O6S2. The molecule has 0 amide bonds. The van der Waals surface area contributed by atoms with Gasteiger partial charge in [-0.15, -0.1) is 21.5 Å². The fourth-order valence-electron chi connectivity index (χ4n) is 2.99. The van der Waals surface area contributed by atoms with Crippen LogP contribution in [0.25, 0.3) is 10.2 Å². The molecular weight excluding hydrogens is 458 g/mol. The number of aromatic nitrogens is 5. The van der Waals surface area contributed by atoms with Crippen molar-refractivity contribution in [3.05, 3.63) is 57.1 Å². The molecule has 0 saturated carbocycles. The lowest BCUT2D eigenvalue weighted by molar-refractivity contribution is -0.139. The number of thioether (sulfide) groups is 1. The summed E-state index contributed by atoms with van der Waals surface area (Å²) in [5, 5.41) is 8.82. The highest BCUT2D eigenvalue weighted by atomic mass is 32.2. The Hall–Kier alpha value is -3.45. The fraction of sp³-hybridized carbons (Fsp3) is 0.263. The van der Waals surface area contributed by atoms with E-state index in [4.69, 9.17) is 9.15 Å². The zero-order chi connectivity index (χ0) is 22.7. The van der Waals surface area contributed by atoms with E-state index < -0.39 is 17.5 Å². The summed E-state index contributed by atoms with van der Waals surface area (Å²) in [6, 6.07) is 3.65. The lowest BCUT2D eigenvalue weighted by Gasteiger charge is -2.05. The zero-order valence-electron chi connectivity index (χ0n) is 17.0. The summed E-state index contributed by atoms with van der Waals surface area (Å²) in [6.07, 6.45) is 2.94. The quantitative estimate of drug-likeness (QED) is 0.297. The number of hydrogen-bond donors (Lipinski definition) is 1. The Bertz CT molecular complexity index is 1320. The third-order valence-corrected chi connectivity index (χ3v) is 6.55. The van der Waals surface area contributed by atoms with E-state index in [0.717, 1.165) is 17.1 Å². The van der Waals surface area contributed by atoms with Gasteiger partial charge in [-0.3, -0.25) is 9.59 Å². The molecule has 4 heterocycles. The van der Waals surface area contributed by atoms with Crippen LogP contribution in [0.1, 0.15) is 26.8 Å². The molecule has 4 aromatic rings. The fourth-order valence-corrected chi connectivity index (χ4v) is 4.90. The predicted octanol–water partition coefficient (Wildman–Crippen LogP) is 2.01. The topological polar surface area (TPSA) is 142 Å². The van der Waals surface area contributed by atoms with Gasteiger partial charge in [-0.05, 0) is 12.1 Å². The van der Waals surface area contributed by atoms with Crippen molar-refractivity contribution in [3.8, 4) is 0 Å². The third kappa shape index (κ3) is 4.43. The van der Waals surface area contributed by atoms with E-state index in [0.29, 0.717) is 28.1 Å². The van der Waals surface area contributed by atoms with Crippen LogP contribution in [0.5, 0.6) is 0 Å². The standard InChI is InChI=1S/C19H17N5O6S2/c1-28-13(25)6-11-14-16(26)21-12(22-17(14)32-15(11)18(27)29-2)8-31-19-23-20-9-24(19)7-10-4-3-5-30-10/h3-5,9H,6-8H2,1-2H3,(H,21,22,26). The molecule has 4 rings (SSSR count). The Labute approximate surface area is 188 Å². The van der Waals surface area contributed by atoms with E-state index in [9.17, 15) is 14.4 Å². The van der Waals surface area contributed by atoms with Crippen molar-refractivity contribution in [2.75, 3.05) is 14.2 Å². The minimum atomic E-state index is -0.645. The molecule has 11 nitrogen and oxygen atoms in total. The highest BCUT2D eigenvalue weighted by Gasteiger charge is 2.25. The number of carbonyl (C=O) groups is 2. The normalized spacial score (nSPS) is 11.1. The van der Waals surface area contributed by atoms with Gasteiger partial charge in [0.25, 0.3) is 5.56 Å². The molecule has 32 heavy (non-hydrogen) atoms. The molecule has 0 radical (unpaired) electrons. The van der Waals surface area contributed by atoms with Gasteiger partial charge in [0.1, 0.15) is 27.6 Å². The van der Waals surface area contributed by atoms with E-state index in [-0.39, 0.29) is 22.2 Å². The smallest absolute Gasteiger partial charge is 0.348 e. The third-order valence-electron chi connectivity index (χ3n) is 4.45. The summed E-state index contributed by atoms with van der Waals surface area (Å²) < 4.78 is 16.6. The van der Waals surface area contributed by atoms with Gasteiger partial charge in [-0.1, -0.05) is 11.8 Å².